The van der Waals surface area contributed by atoms with Crippen molar-refractivity contribution in [3.63, 3.8) is 0 Å². The zero-order chi connectivity index (χ0) is 24.9. The Morgan fingerprint density at radius 3 is 2.51 bits per heavy atom. The number of barbiturate groups is 1. The van der Waals surface area contributed by atoms with Gasteiger partial charge in [0.2, 0.25) is 0 Å². The number of ether oxygens (including phenoxy) is 1. The maximum Gasteiger partial charge on any atom is 0.331 e. The van der Waals surface area contributed by atoms with Gasteiger partial charge in [-0.05, 0) is 71.6 Å². The predicted octanol–water partition coefficient (Wildman–Crippen LogP) is 4.57. The van der Waals surface area contributed by atoms with E-state index in [-0.39, 0.29) is 24.1 Å². The summed E-state index contributed by atoms with van der Waals surface area (Å²) in [5.41, 5.74) is 2.26. The molecule has 0 radical (unpaired) electrons. The van der Waals surface area contributed by atoms with Gasteiger partial charge in [-0.2, -0.15) is 0 Å². The third kappa shape index (κ3) is 5.97. The molecule has 35 heavy (non-hydrogen) atoms. The van der Waals surface area contributed by atoms with Gasteiger partial charge < -0.3 is 10.1 Å². The SMILES string of the molecule is Cc1ccc(NC(=O)COc2ccc(C=C3C(=O)NC(=O)N(C4CCCCC4)C3=O)cc2Br)cc1. The first-order chi connectivity index (χ1) is 16.8. The molecule has 0 atom stereocenters. The summed E-state index contributed by atoms with van der Waals surface area (Å²) in [6.07, 6.45) is 5.93. The van der Waals surface area contributed by atoms with Crippen molar-refractivity contribution in [2.75, 3.05) is 11.9 Å². The van der Waals surface area contributed by atoms with Crippen LogP contribution in [0.2, 0.25) is 0 Å². The Balaban J connectivity index is 1.43. The van der Waals surface area contributed by atoms with Gasteiger partial charge in [0.05, 0.1) is 4.47 Å². The first-order valence-corrected chi connectivity index (χ1v) is 12.3. The number of hydrogen-bond donors (Lipinski definition) is 2. The molecule has 0 aromatic heterocycles. The number of halogens is 1. The molecule has 1 aliphatic heterocycles. The lowest BCUT2D eigenvalue weighted by atomic mass is 9.93. The van der Waals surface area contributed by atoms with Crippen LogP contribution in [-0.4, -0.2) is 41.3 Å². The second kappa shape index (κ2) is 10.9. The summed E-state index contributed by atoms with van der Waals surface area (Å²) in [6.45, 7) is 1.78. The summed E-state index contributed by atoms with van der Waals surface area (Å²) in [4.78, 5) is 51.2. The molecule has 2 N–H and O–H groups in total. The van der Waals surface area contributed by atoms with Crippen LogP contribution in [0.25, 0.3) is 6.08 Å². The zero-order valence-electron chi connectivity index (χ0n) is 19.3. The fourth-order valence-corrected chi connectivity index (χ4v) is 4.72. The van der Waals surface area contributed by atoms with E-state index in [0.717, 1.165) is 37.7 Å². The molecule has 2 aromatic rings. The van der Waals surface area contributed by atoms with E-state index < -0.39 is 17.8 Å². The Kier molecular flexibility index (Phi) is 7.65. The van der Waals surface area contributed by atoms with E-state index in [4.69, 9.17) is 4.74 Å². The van der Waals surface area contributed by atoms with E-state index >= 15 is 0 Å². The molecule has 2 aromatic carbocycles. The van der Waals surface area contributed by atoms with Crippen LogP contribution >= 0.6 is 15.9 Å². The molecule has 1 saturated carbocycles. The van der Waals surface area contributed by atoms with Crippen molar-refractivity contribution in [2.24, 2.45) is 0 Å². The normalized spacial score (nSPS) is 17.9. The molecule has 4 rings (SSSR count). The Hall–Kier alpha value is -3.46. The van der Waals surface area contributed by atoms with E-state index in [9.17, 15) is 19.2 Å². The second-order valence-electron chi connectivity index (χ2n) is 8.68. The number of nitrogens with one attached hydrogen (secondary N) is 2. The van der Waals surface area contributed by atoms with Crippen molar-refractivity contribution < 1.29 is 23.9 Å². The quantitative estimate of drug-likeness (QED) is 0.413. The molecule has 1 heterocycles. The van der Waals surface area contributed by atoms with Crippen LogP contribution in [-0.2, 0) is 14.4 Å². The molecule has 1 aliphatic carbocycles. The standard InChI is InChI=1S/C26H26BrN3O5/c1-16-7-10-18(11-8-16)28-23(31)15-35-22-12-9-17(14-21(22)27)13-20-24(32)29-26(34)30(25(20)33)19-5-3-2-4-6-19/h7-14,19H,2-6,15H2,1H3,(H,28,31)(H,29,32,34). The number of urea groups is 1. The number of imide groups is 2. The predicted molar refractivity (Wildman–Crippen MR) is 135 cm³/mol. The monoisotopic (exact) mass is 539 g/mol. The molecule has 8 nitrogen and oxygen atoms in total. The van der Waals surface area contributed by atoms with Crippen molar-refractivity contribution in [3.8, 4) is 5.75 Å². The maximum absolute atomic E-state index is 13.0. The molecule has 1 saturated heterocycles. The lowest BCUT2D eigenvalue weighted by Crippen LogP contribution is -2.58. The topological polar surface area (TPSA) is 105 Å². The summed E-state index contributed by atoms with van der Waals surface area (Å²) < 4.78 is 6.17. The molecule has 2 fully saturated rings. The van der Waals surface area contributed by atoms with Crippen LogP contribution in [0.3, 0.4) is 0 Å². The fraction of sp³-hybridized carbons (Fsp3) is 0.308. The number of aryl methyl sites for hydroxylation is 1. The first kappa shape index (κ1) is 24.7. The highest BCUT2D eigenvalue weighted by atomic mass is 79.9. The van der Waals surface area contributed by atoms with E-state index in [0.29, 0.717) is 21.5 Å². The molecule has 9 heteroatoms. The highest BCUT2D eigenvalue weighted by Crippen LogP contribution is 2.29. The van der Waals surface area contributed by atoms with Gasteiger partial charge in [0.15, 0.2) is 6.61 Å². The zero-order valence-corrected chi connectivity index (χ0v) is 20.9. The average molecular weight is 540 g/mol. The van der Waals surface area contributed by atoms with Crippen molar-refractivity contribution in [2.45, 2.75) is 45.1 Å². The largest absolute Gasteiger partial charge is 0.483 e. The third-order valence-electron chi connectivity index (χ3n) is 6.03. The van der Waals surface area contributed by atoms with E-state index in [1.165, 1.54) is 11.0 Å². The Labute approximate surface area is 211 Å². The maximum atomic E-state index is 13.0. The smallest absolute Gasteiger partial charge is 0.331 e. The van der Waals surface area contributed by atoms with E-state index in [1.54, 1.807) is 18.2 Å². The number of benzene rings is 2. The number of hydrogen-bond acceptors (Lipinski definition) is 5. The average Bonchev–Trinajstić information content (AvgIpc) is 2.83. The van der Waals surface area contributed by atoms with Gasteiger partial charge in [-0.25, -0.2) is 4.79 Å². The van der Waals surface area contributed by atoms with Gasteiger partial charge in [0.1, 0.15) is 11.3 Å². The summed E-state index contributed by atoms with van der Waals surface area (Å²) in [5.74, 6) is -1.15. The molecular formula is C26H26BrN3O5. The van der Waals surface area contributed by atoms with Crippen LogP contribution in [0.5, 0.6) is 5.75 Å². The Morgan fingerprint density at radius 1 is 1.11 bits per heavy atom. The van der Waals surface area contributed by atoms with E-state index in [1.807, 2.05) is 31.2 Å². The van der Waals surface area contributed by atoms with Crippen molar-refractivity contribution in [1.29, 1.82) is 0 Å². The van der Waals surface area contributed by atoms with Crippen LogP contribution in [0, 0.1) is 6.92 Å². The number of amides is 5. The van der Waals surface area contributed by atoms with Crippen LogP contribution < -0.4 is 15.4 Å². The molecule has 5 amide bonds. The van der Waals surface area contributed by atoms with E-state index in [2.05, 4.69) is 26.6 Å². The highest BCUT2D eigenvalue weighted by molar-refractivity contribution is 9.10. The van der Waals surface area contributed by atoms with Gasteiger partial charge in [0.25, 0.3) is 17.7 Å². The molecule has 0 bridgehead atoms. The Bertz CT molecular complexity index is 1190. The second-order valence-corrected chi connectivity index (χ2v) is 9.53. The van der Waals surface area contributed by atoms with Gasteiger partial charge in [-0.1, -0.05) is 43.0 Å². The molecule has 2 aliphatic rings. The summed E-state index contributed by atoms with van der Waals surface area (Å²) in [6, 6.07) is 11.6. The molecule has 0 unspecified atom stereocenters. The number of anilines is 1. The van der Waals surface area contributed by atoms with Crippen molar-refractivity contribution in [3.05, 3.63) is 63.6 Å². The van der Waals surface area contributed by atoms with Gasteiger partial charge in [-0.15, -0.1) is 0 Å². The number of nitrogens with zero attached hydrogens (tertiary/aromatic N) is 1. The van der Waals surface area contributed by atoms with Gasteiger partial charge in [-0.3, -0.25) is 24.6 Å². The number of carbonyl (C=O) groups is 4. The summed E-state index contributed by atoms with van der Waals surface area (Å²) >= 11 is 3.42. The number of carbonyl (C=O) groups excluding carboxylic acids is 4. The molecule has 182 valence electrons. The van der Waals surface area contributed by atoms with Crippen LogP contribution in [0.15, 0.2) is 52.5 Å². The molecular weight excluding hydrogens is 514 g/mol. The summed E-state index contributed by atoms with van der Waals surface area (Å²) in [5, 5.41) is 5.05. The van der Waals surface area contributed by atoms with Crippen LogP contribution in [0.1, 0.15) is 43.2 Å². The van der Waals surface area contributed by atoms with Crippen LogP contribution in [0.4, 0.5) is 10.5 Å². The van der Waals surface area contributed by atoms with Gasteiger partial charge in [0, 0.05) is 11.7 Å². The van der Waals surface area contributed by atoms with Crippen molar-refractivity contribution >= 4 is 51.4 Å². The minimum atomic E-state index is -0.712. The lowest BCUT2D eigenvalue weighted by Gasteiger charge is -2.35. The molecule has 0 spiro atoms. The fourth-order valence-electron chi connectivity index (χ4n) is 4.21. The third-order valence-corrected chi connectivity index (χ3v) is 6.65. The summed E-state index contributed by atoms with van der Waals surface area (Å²) in [7, 11) is 0. The van der Waals surface area contributed by atoms with Gasteiger partial charge >= 0.3 is 6.03 Å². The minimum absolute atomic E-state index is 0.0896. The minimum Gasteiger partial charge on any atom is -0.483 e. The Morgan fingerprint density at radius 2 is 1.83 bits per heavy atom. The van der Waals surface area contributed by atoms with Crippen molar-refractivity contribution in [1.82, 2.24) is 10.2 Å². The lowest BCUT2D eigenvalue weighted by molar-refractivity contribution is -0.132. The first-order valence-electron chi connectivity index (χ1n) is 11.5. The highest BCUT2D eigenvalue weighted by Gasteiger charge is 2.40. The number of rotatable bonds is 6.